The Hall–Kier alpha value is -1.16. The highest BCUT2D eigenvalue weighted by molar-refractivity contribution is 5.36. The van der Waals surface area contributed by atoms with Gasteiger partial charge in [-0.25, -0.2) is 9.97 Å². The van der Waals surface area contributed by atoms with Crippen LogP contribution in [0.5, 0.6) is 0 Å². The Bertz CT molecular complexity index is 398. The highest BCUT2D eigenvalue weighted by atomic mass is 15.0. The molecule has 1 aromatic rings. The predicted molar refractivity (Wildman–Crippen MR) is 60.2 cm³/mol. The Kier molecular flexibility index (Phi) is 2.19. The second-order valence-electron chi connectivity index (χ2n) is 5.18. The molecule has 1 aromatic heterocycles. The molecular formula is C11H18N4. The molecule has 4 nitrogen and oxygen atoms in total. The summed E-state index contributed by atoms with van der Waals surface area (Å²) in [5.41, 5.74) is 15.1. The SMILES string of the molecule is Cc1nc(N)nc2c1C(N)CC(C)(C)C2. The summed E-state index contributed by atoms with van der Waals surface area (Å²) in [6.45, 7) is 6.38. The third-order valence-corrected chi connectivity index (χ3v) is 3.02. The molecule has 0 amide bonds. The lowest BCUT2D eigenvalue weighted by molar-refractivity contribution is 0.277. The molecule has 82 valence electrons. The van der Waals surface area contributed by atoms with Crippen molar-refractivity contribution in [2.45, 2.75) is 39.7 Å². The summed E-state index contributed by atoms with van der Waals surface area (Å²) in [6, 6.07) is 0.0457. The quantitative estimate of drug-likeness (QED) is 0.671. The van der Waals surface area contributed by atoms with E-state index in [2.05, 4.69) is 23.8 Å². The molecule has 0 saturated heterocycles. The highest BCUT2D eigenvalue weighted by Crippen LogP contribution is 2.39. The second kappa shape index (κ2) is 3.17. The smallest absolute Gasteiger partial charge is 0.220 e. The van der Waals surface area contributed by atoms with Crippen LogP contribution >= 0.6 is 0 Å². The van der Waals surface area contributed by atoms with Crippen LogP contribution in [-0.2, 0) is 6.42 Å². The summed E-state index contributed by atoms with van der Waals surface area (Å²) in [7, 11) is 0. The first kappa shape index (κ1) is 10.4. The molecule has 1 aliphatic carbocycles. The first-order valence-corrected chi connectivity index (χ1v) is 5.27. The zero-order valence-electron chi connectivity index (χ0n) is 9.54. The maximum absolute atomic E-state index is 6.15. The summed E-state index contributed by atoms with van der Waals surface area (Å²) in [4.78, 5) is 8.48. The number of aromatic nitrogens is 2. The summed E-state index contributed by atoms with van der Waals surface area (Å²) in [5, 5.41) is 0. The number of fused-ring (bicyclic) bond motifs is 1. The van der Waals surface area contributed by atoms with Crippen molar-refractivity contribution >= 4 is 5.95 Å². The van der Waals surface area contributed by atoms with Crippen LogP contribution < -0.4 is 11.5 Å². The van der Waals surface area contributed by atoms with Gasteiger partial charge in [-0.1, -0.05) is 13.8 Å². The maximum atomic E-state index is 6.15. The average molecular weight is 206 g/mol. The van der Waals surface area contributed by atoms with Gasteiger partial charge in [0.25, 0.3) is 0 Å². The van der Waals surface area contributed by atoms with E-state index < -0.39 is 0 Å². The number of rotatable bonds is 0. The lowest BCUT2D eigenvalue weighted by Gasteiger charge is -2.35. The number of nitrogens with zero attached hydrogens (tertiary/aromatic N) is 2. The minimum atomic E-state index is 0.0457. The molecule has 4 N–H and O–H groups in total. The van der Waals surface area contributed by atoms with E-state index in [1.165, 1.54) is 0 Å². The lowest BCUT2D eigenvalue weighted by atomic mass is 9.74. The van der Waals surface area contributed by atoms with E-state index in [0.717, 1.165) is 29.8 Å². The van der Waals surface area contributed by atoms with Gasteiger partial charge in [0.05, 0.1) is 5.69 Å². The van der Waals surface area contributed by atoms with Crippen molar-refractivity contribution in [1.82, 2.24) is 9.97 Å². The Morgan fingerprint density at radius 2 is 2.00 bits per heavy atom. The molecule has 15 heavy (non-hydrogen) atoms. The summed E-state index contributed by atoms with van der Waals surface area (Å²) in [6.07, 6.45) is 1.91. The van der Waals surface area contributed by atoms with Gasteiger partial charge in [0, 0.05) is 17.3 Å². The van der Waals surface area contributed by atoms with Crippen LogP contribution in [0.15, 0.2) is 0 Å². The minimum absolute atomic E-state index is 0.0457. The van der Waals surface area contributed by atoms with Crippen LogP contribution in [0.1, 0.15) is 43.3 Å². The molecule has 1 heterocycles. The fourth-order valence-corrected chi connectivity index (χ4v) is 2.50. The third-order valence-electron chi connectivity index (χ3n) is 3.02. The lowest BCUT2D eigenvalue weighted by Crippen LogP contribution is -2.32. The zero-order chi connectivity index (χ0) is 11.2. The fraction of sp³-hybridized carbons (Fsp3) is 0.636. The van der Waals surface area contributed by atoms with Crippen LogP contribution in [-0.4, -0.2) is 9.97 Å². The van der Waals surface area contributed by atoms with Crippen LogP contribution in [0, 0.1) is 12.3 Å². The van der Waals surface area contributed by atoms with Gasteiger partial charge < -0.3 is 11.5 Å². The number of nitrogen functional groups attached to an aromatic ring is 1. The second-order valence-corrected chi connectivity index (χ2v) is 5.18. The van der Waals surface area contributed by atoms with Crippen LogP contribution in [0.25, 0.3) is 0 Å². The van der Waals surface area contributed by atoms with Crippen LogP contribution in [0.4, 0.5) is 5.95 Å². The van der Waals surface area contributed by atoms with Gasteiger partial charge in [0.1, 0.15) is 0 Å². The van der Waals surface area contributed by atoms with E-state index in [0.29, 0.717) is 5.95 Å². The van der Waals surface area contributed by atoms with E-state index in [1.54, 1.807) is 0 Å². The number of anilines is 1. The van der Waals surface area contributed by atoms with Crippen molar-refractivity contribution in [3.63, 3.8) is 0 Å². The number of aryl methyl sites for hydroxylation is 1. The number of hydrogen-bond acceptors (Lipinski definition) is 4. The Balaban J connectivity index is 2.55. The molecule has 1 atom stereocenters. The zero-order valence-corrected chi connectivity index (χ0v) is 9.54. The molecule has 1 unspecified atom stereocenters. The molecule has 2 rings (SSSR count). The van der Waals surface area contributed by atoms with Gasteiger partial charge in [-0.2, -0.15) is 0 Å². The average Bonchev–Trinajstić information content (AvgIpc) is 1.97. The van der Waals surface area contributed by atoms with Crippen LogP contribution in [0.2, 0.25) is 0 Å². The van der Waals surface area contributed by atoms with Gasteiger partial charge in [-0.05, 0) is 25.2 Å². The molecule has 0 spiro atoms. The predicted octanol–water partition coefficient (Wildman–Crippen LogP) is 1.34. The molecule has 0 radical (unpaired) electrons. The topological polar surface area (TPSA) is 77.8 Å². The van der Waals surface area contributed by atoms with Gasteiger partial charge in [-0.3, -0.25) is 0 Å². The Morgan fingerprint density at radius 1 is 1.33 bits per heavy atom. The van der Waals surface area contributed by atoms with Crippen molar-refractivity contribution in [2.24, 2.45) is 11.1 Å². The molecule has 4 heteroatoms. The van der Waals surface area contributed by atoms with Crippen molar-refractivity contribution in [3.05, 3.63) is 17.0 Å². The molecular weight excluding hydrogens is 188 g/mol. The first-order valence-electron chi connectivity index (χ1n) is 5.27. The number of nitrogens with two attached hydrogens (primary N) is 2. The molecule has 0 aliphatic heterocycles. The molecule has 0 aromatic carbocycles. The minimum Gasteiger partial charge on any atom is -0.368 e. The summed E-state index contributed by atoms with van der Waals surface area (Å²) < 4.78 is 0. The summed E-state index contributed by atoms with van der Waals surface area (Å²) in [5.74, 6) is 0.358. The van der Waals surface area contributed by atoms with Crippen molar-refractivity contribution < 1.29 is 0 Å². The standard InChI is InChI=1S/C11H18N4/c1-6-9-7(12)4-11(2,3)5-8(9)15-10(13)14-6/h7H,4-5,12H2,1-3H3,(H2,13,14,15). The Labute approximate surface area is 90.1 Å². The Morgan fingerprint density at radius 3 is 2.67 bits per heavy atom. The van der Waals surface area contributed by atoms with E-state index in [9.17, 15) is 0 Å². The molecule has 0 saturated carbocycles. The van der Waals surface area contributed by atoms with Gasteiger partial charge in [0.2, 0.25) is 5.95 Å². The van der Waals surface area contributed by atoms with Crippen molar-refractivity contribution in [2.75, 3.05) is 5.73 Å². The maximum Gasteiger partial charge on any atom is 0.220 e. The largest absolute Gasteiger partial charge is 0.368 e. The van der Waals surface area contributed by atoms with E-state index >= 15 is 0 Å². The van der Waals surface area contributed by atoms with E-state index in [-0.39, 0.29) is 11.5 Å². The normalized spacial score (nSPS) is 23.6. The molecule has 1 aliphatic rings. The summed E-state index contributed by atoms with van der Waals surface area (Å²) >= 11 is 0. The van der Waals surface area contributed by atoms with Crippen LogP contribution in [0.3, 0.4) is 0 Å². The highest BCUT2D eigenvalue weighted by Gasteiger charge is 2.32. The first-order chi connectivity index (χ1) is 6.89. The van der Waals surface area contributed by atoms with E-state index in [4.69, 9.17) is 11.5 Å². The van der Waals surface area contributed by atoms with E-state index in [1.807, 2.05) is 6.92 Å². The third kappa shape index (κ3) is 1.81. The number of hydrogen-bond donors (Lipinski definition) is 2. The van der Waals surface area contributed by atoms with Gasteiger partial charge >= 0.3 is 0 Å². The monoisotopic (exact) mass is 206 g/mol. The molecule has 0 fully saturated rings. The van der Waals surface area contributed by atoms with Crippen molar-refractivity contribution in [3.8, 4) is 0 Å². The fourth-order valence-electron chi connectivity index (χ4n) is 2.50. The van der Waals surface area contributed by atoms with Gasteiger partial charge in [-0.15, -0.1) is 0 Å². The van der Waals surface area contributed by atoms with Gasteiger partial charge in [0.15, 0.2) is 0 Å². The van der Waals surface area contributed by atoms with Crippen molar-refractivity contribution in [1.29, 1.82) is 0 Å². The molecule has 0 bridgehead atoms.